The van der Waals surface area contributed by atoms with Gasteiger partial charge in [0, 0.05) is 74.7 Å². The number of nitrogens with one attached hydrogen (secondary N) is 3. The Morgan fingerprint density at radius 1 is 1.10 bits per heavy atom. The van der Waals surface area contributed by atoms with Crippen LogP contribution in [0.25, 0.3) is 11.3 Å². The number of halogens is 2. The zero-order valence-corrected chi connectivity index (χ0v) is 35.0. The highest BCUT2D eigenvalue weighted by molar-refractivity contribution is 6.08. The van der Waals surface area contributed by atoms with Gasteiger partial charge in [0.05, 0.1) is 42.0 Å². The lowest BCUT2D eigenvalue weighted by atomic mass is 9.79. The predicted molar refractivity (Wildman–Crippen MR) is 229 cm³/mol. The van der Waals surface area contributed by atoms with Crippen molar-refractivity contribution in [3.63, 3.8) is 0 Å². The molecule has 4 aromatic rings. The minimum atomic E-state index is -2.86. The van der Waals surface area contributed by atoms with Gasteiger partial charge in [-0.1, -0.05) is 24.5 Å². The standard InChI is InChI=1S/C45H51F2N11O5/c1-28-39-30(4-2-6-35(39)58(52-28)36-11-12-38(59)51-44(36)61)5-3-20-63-32-13-17-54(18-14-32)23-29-7-9-31(10-8-29)57-24-34(40(53-57)41(46)47)49-43(60)33-22-48-56-19-15-37(50-42(33)56)55-25-45(26-55)16-21-62-27-45/h2,4,6,15,19,22,24,29,31-32,36,41,52H,1,7-14,16-18,20-21,23,25-27H2,(H,49,60)(H,51,59,61). The van der Waals surface area contributed by atoms with Crippen LogP contribution in [0.3, 0.4) is 0 Å². The Morgan fingerprint density at radius 2 is 1.92 bits per heavy atom. The third-order valence-corrected chi connectivity index (χ3v) is 13.6. The van der Waals surface area contributed by atoms with E-state index >= 15 is 0 Å². The molecule has 63 heavy (non-hydrogen) atoms. The van der Waals surface area contributed by atoms with Gasteiger partial charge in [0.15, 0.2) is 11.3 Å². The number of carbonyl (C=O) groups excluding carboxylic acids is 3. The van der Waals surface area contributed by atoms with Crippen LogP contribution in [-0.2, 0) is 19.1 Å². The molecule has 5 aliphatic heterocycles. The predicted octanol–water partition coefficient (Wildman–Crippen LogP) is 4.71. The third kappa shape index (κ3) is 8.25. The van der Waals surface area contributed by atoms with Crippen LogP contribution in [0.4, 0.5) is 26.0 Å². The summed E-state index contributed by atoms with van der Waals surface area (Å²) in [4.78, 5) is 47.2. The number of aromatic nitrogens is 5. The summed E-state index contributed by atoms with van der Waals surface area (Å²) in [5.74, 6) is 6.50. The van der Waals surface area contributed by atoms with Crippen molar-refractivity contribution >= 4 is 46.3 Å². The van der Waals surface area contributed by atoms with E-state index in [0.717, 1.165) is 114 Å². The van der Waals surface area contributed by atoms with Crippen LogP contribution in [0.15, 0.2) is 49.4 Å². The smallest absolute Gasteiger partial charge is 0.284 e. The Labute approximate surface area is 363 Å². The molecule has 8 heterocycles. The van der Waals surface area contributed by atoms with Crippen molar-refractivity contribution in [1.29, 1.82) is 0 Å². The molecule has 3 amide bonds. The number of amides is 3. The molecular weight excluding hydrogens is 813 g/mol. The zero-order valence-electron chi connectivity index (χ0n) is 35.0. The number of piperidine rings is 2. The number of carbonyl (C=O) groups is 3. The first-order valence-corrected chi connectivity index (χ1v) is 22.0. The molecule has 3 aromatic heterocycles. The highest BCUT2D eigenvalue weighted by Crippen LogP contribution is 2.41. The monoisotopic (exact) mass is 863 g/mol. The fourth-order valence-corrected chi connectivity index (χ4v) is 10.2. The van der Waals surface area contributed by atoms with Crippen molar-refractivity contribution in [3.05, 3.63) is 71.8 Å². The number of ether oxygens (including phenoxy) is 2. The van der Waals surface area contributed by atoms with Gasteiger partial charge < -0.3 is 24.6 Å². The number of rotatable bonds is 10. The molecule has 4 saturated heterocycles. The molecule has 0 radical (unpaired) electrons. The van der Waals surface area contributed by atoms with E-state index in [9.17, 15) is 23.2 Å². The van der Waals surface area contributed by atoms with Crippen molar-refractivity contribution in [1.82, 2.24) is 40.0 Å². The van der Waals surface area contributed by atoms with Crippen molar-refractivity contribution in [3.8, 4) is 11.8 Å². The van der Waals surface area contributed by atoms with Gasteiger partial charge in [0.2, 0.25) is 5.91 Å². The van der Waals surface area contributed by atoms with E-state index in [1.54, 1.807) is 22.1 Å². The first-order valence-electron chi connectivity index (χ1n) is 22.0. The largest absolute Gasteiger partial charge is 0.381 e. The minimum Gasteiger partial charge on any atom is -0.381 e. The number of alkyl halides is 2. The van der Waals surface area contributed by atoms with Gasteiger partial charge in [-0.2, -0.15) is 10.2 Å². The summed E-state index contributed by atoms with van der Waals surface area (Å²) in [5.41, 5.74) is 6.60. The first-order chi connectivity index (χ1) is 30.6. The number of likely N-dealkylation sites (tertiary alicyclic amines) is 1. The van der Waals surface area contributed by atoms with Crippen LogP contribution in [0.1, 0.15) is 97.4 Å². The number of imide groups is 1. The number of anilines is 3. The highest BCUT2D eigenvalue weighted by atomic mass is 19.3. The summed E-state index contributed by atoms with van der Waals surface area (Å²) in [6, 6.07) is 7.06. The van der Waals surface area contributed by atoms with Crippen LogP contribution < -0.4 is 26.0 Å². The summed E-state index contributed by atoms with van der Waals surface area (Å²) < 4.78 is 43.5. The fraction of sp³-hybridized carbons (Fsp3) is 0.511. The van der Waals surface area contributed by atoms with Gasteiger partial charge in [0.25, 0.3) is 18.2 Å². The van der Waals surface area contributed by atoms with Gasteiger partial charge in [-0.05, 0) is 75.5 Å². The number of fused-ring (bicyclic) bond motifs is 2. The third-order valence-electron chi connectivity index (χ3n) is 13.6. The van der Waals surface area contributed by atoms with Gasteiger partial charge >= 0.3 is 0 Å². The first kappa shape index (κ1) is 41.1. The average molecular weight is 864 g/mol. The lowest BCUT2D eigenvalue weighted by molar-refractivity contribution is -0.134. The summed E-state index contributed by atoms with van der Waals surface area (Å²) in [6.07, 6.45) is 9.09. The number of hydrogen-bond donors (Lipinski definition) is 3. The van der Waals surface area contributed by atoms with Crippen LogP contribution in [0.5, 0.6) is 0 Å². The van der Waals surface area contributed by atoms with E-state index < -0.39 is 24.1 Å². The summed E-state index contributed by atoms with van der Waals surface area (Å²) >= 11 is 0. The molecular formula is C45H51F2N11O5. The average Bonchev–Trinajstić information content (AvgIpc) is 4.09. The van der Waals surface area contributed by atoms with E-state index in [0.29, 0.717) is 30.3 Å². The normalized spacial score (nSPS) is 23.7. The van der Waals surface area contributed by atoms with Crippen LogP contribution in [-0.4, -0.2) is 112 Å². The molecule has 1 spiro atoms. The summed E-state index contributed by atoms with van der Waals surface area (Å²) in [5, 5.41) is 15.5. The number of benzene rings is 1. The highest BCUT2D eigenvalue weighted by Gasteiger charge is 2.46. The Hall–Kier alpha value is -5.90. The molecule has 3 N–H and O–H groups in total. The molecule has 18 heteroatoms. The Balaban J connectivity index is 0.684. The van der Waals surface area contributed by atoms with Gasteiger partial charge in [-0.3, -0.25) is 34.8 Å². The maximum Gasteiger partial charge on any atom is 0.284 e. The molecule has 1 aromatic carbocycles. The molecule has 10 rings (SSSR count). The maximum absolute atomic E-state index is 14.3. The minimum absolute atomic E-state index is 0.000218. The molecule has 1 aliphatic carbocycles. The second kappa shape index (κ2) is 17.0. The van der Waals surface area contributed by atoms with Crippen molar-refractivity contribution in [2.75, 3.05) is 67.8 Å². The molecule has 0 bridgehead atoms. The zero-order chi connectivity index (χ0) is 43.2. The van der Waals surface area contributed by atoms with Crippen molar-refractivity contribution in [2.24, 2.45) is 11.3 Å². The quantitative estimate of drug-likeness (QED) is 0.149. The number of hydrogen-bond acceptors (Lipinski definition) is 12. The van der Waals surface area contributed by atoms with E-state index in [-0.39, 0.29) is 47.0 Å². The molecule has 5 fully saturated rings. The van der Waals surface area contributed by atoms with Crippen LogP contribution >= 0.6 is 0 Å². The van der Waals surface area contributed by atoms with E-state index in [1.165, 1.54) is 10.7 Å². The van der Waals surface area contributed by atoms with E-state index in [4.69, 9.17) is 14.5 Å². The second-order valence-corrected chi connectivity index (χ2v) is 17.8. The molecule has 1 atom stereocenters. The van der Waals surface area contributed by atoms with Crippen LogP contribution in [0.2, 0.25) is 0 Å². The number of hydrazine groups is 1. The molecule has 6 aliphatic rings. The van der Waals surface area contributed by atoms with Gasteiger partial charge in [-0.15, -0.1) is 0 Å². The molecule has 1 saturated carbocycles. The summed E-state index contributed by atoms with van der Waals surface area (Å²) in [7, 11) is 0. The topological polar surface area (TPSA) is 163 Å². The Kier molecular flexibility index (Phi) is 11.1. The van der Waals surface area contributed by atoms with Crippen LogP contribution in [0, 0.1) is 23.2 Å². The SMILES string of the molecule is C=C1NN(C2CCC(=O)NC2=O)c2cccc(C#CCOC3CCN(CC4CCC(n5cc(NC(=O)c6cnn7ccc(N8CC9(CCOC9)C8)nc67)c(C(F)F)n5)CC4)CC3)c21. The van der Waals surface area contributed by atoms with Gasteiger partial charge in [0.1, 0.15) is 24.0 Å². The van der Waals surface area contributed by atoms with E-state index in [2.05, 4.69) is 54.5 Å². The lowest BCUT2D eigenvalue weighted by Gasteiger charge is -2.47. The lowest BCUT2D eigenvalue weighted by Crippen LogP contribution is -2.57. The second-order valence-electron chi connectivity index (χ2n) is 17.8. The number of nitrogens with zero attached hydrogens (tertiary/aromatic N) is 8. The molecule has 16 nitrogen and oxygen atoms in total. The van der Waals surface area contributed by atoms with E-state index in [1.807, 2.05) is 24.3 Å². The van der Waals surface area contributed by atoms with Gasteiger partial charge in [-0.25, -0.2) is 18.3 Å². The Morgan fingerprint density at radius 3 is 2.68 bits per heavy atom. The molecule has 330 valence electrons. The van der Waals surface area contributed by atoms with Crippen molar-refractivity contribution < 1.29 is 32.6 Å². The Bertz CT molecular complexity index is 2480. The maximum atomic E-state index is 14.3. The summed E-state index contributed by atoms with van der Waals surface area (Å²) in [6.45, 7) is 10.5. The fourth-order valence-electron chi connectivity index (χ4n) is 10.2. The molecule has 1 unspecified atom stereocenters. The van der Waals surface area contributed by atoms with Crippen molar-refractivity contribution in [2.45, 2.75) is 82.4 Å².